The Labute approximate surface area is 360 Å². The first kappa shape index (κ1) is 54.6. The Bertz CT molecular complexity index is 1350. The van der Waals surface area contributed by atoms with E-state index >= 15 is 0 Å². The van der Waals surface area contributed by atoms with Crippen LogP contribution >= 0.6 is 0 Å². The molecule has 328 valence electrons. The van der Waals surface area contributed by atoms with E-state index in [-0.39, 0.29) is 32.0 Å². The number of carbonyl (C=O) groups is 3. The van der Waals surface area contributed by atoms with Gasteiger partial charge in [0, 0.05) is 6.42 Å². The Morgan fingerprint density at radius 3 is 1.17 bits per heavy atom. The van der Waals surface area contributed by atoms with Gasteiger partial charge in [-0.2, -0.15) is 0 Å². The number of carbonyl (C=O) groups excluding carboxylic acids is 3. The van der Waals surface area contributed by atoms with Crippen LogP contribution in [0.3, 0.4) is 0 Å². The quantitative estimate of drug-likeness (QED) is 0.0267. The van der Waals surface area contributed by atoms with Gasteiger partial charge < -0.3 is 14.2 Å². The number of rotatable bonds is 38. The fraction of sp³-hybridized carbons (Fsp3) is 0.528. The van der Waals surface area contributed by atoms with E-state index < -0.39 is 18.0 Å². The van der Waals surface area contributed by atoms with Crippen molar-refractivity contribution in [2.75, 3.05) is 13.2 Å². The number of esters is 3. The topological polar surface area (TPSA) is 78.9 Å². The first-order chi connectivity index (χ1) is 29.0. The maximum atomic E-state index is 12.7. The molecule has 59 heavy (non-hydrogen) atoms. The Morgan fingerprint density at radius 2 is 0.729 bits per heavy atom. The van der Waals surface area contributed by atoms with Crippen LogP contribution in [0.5, 0.6) is 0 Å². The fourth-order valence-corrected chi connectivity index (χ4v) is 5.33. The standard InChI is InChI=1S/C53H80O6/c1-4-7-10-13-16-19-22-24-26-28-31-34-37-40-43-46-52(55)58-49-50(48-57-51(54)45-42-39-36-33-30-21-18-15-12-9-6-3)59-53(56)47-44-41-38-35-32-29-27-25-23-20-17-14-11-8-5-2/h7-8,10-11,15-20,24-27,31-32,34-35,40-41,43-44,50H,4-6,9,12-14,21-23,28-30,33,36-39,42,45-49H2,1-3H3/b10-7-,11-8-,18-15-,19-16-,20-17-,26-24-,27-25-,34-31-,35-32-,43-40-,44-41-. The highest BCUT2D eigenvalue weighted by Gasteiger charge is 2.19. The van der Waals surface area contributed by atoms with Gasteiger partial charge in [0.15, 0.2) is 6.10 Å². The molecular formula is C53H80O6. The summed E-state index contributed by atoms with van der Waals surface area (Å²) in [5.74, 6) is -1.25. The Morgan fingerprint density at radius 1 is 0.373 bits per heavy atom. The lowest BCUT2D eigenvalue weighted by Gasteiger charge is -2.17. The molecule has 0 aromatic heterocycles. The lowest BCUT2D eigenvalue weighted by atomic mass is 10.1. The molecule has 0 rings (SSSR count). The van der Waals surface area contributed by atoms with Gasteiger partial charge >= 0.3 is 17.9 Å². The van der Waals surface area contributed by atoms with E-state index in [9.17, 15) is 14.4 Å². The van der Waals surface area contributed by atoms with Crippen LogP contribution in [0.15, 0.2) is 134 Å². The number of hydrogen-bond acceptors (Lipinski definition) is 6. The van der Waals surface area contributed by atoms with Gasteiger partial charge in [-0.05, 0) is 89.9 Å². The zero-order valence-electron chi connectivity index (χ0n) is 37.2. The van der Waals surface area contributed by atoms with Gasteiger partial charge in [-0.1, -0.05) is 187 Å². The maximum absolute atomic E-state index is 12.7. The van der Waals surface area contributed by atoms with Crippen LogP contribution in [0, 0.1) is 0 Å². The predicted molar refractivity (Wildman–Crippen MR) is 251 cm³/mol. The average Bonchev–Trinajstić information content (AvgIpc) is 3.23. The molecule has 0 aromatic carbocycles. The van der Waals surface area contributed by atoms with Crippen LogP contribution < -0.4 is 0 Å². The van der Waals surface area contributed by atoms with Crippen molar-refractivity contribution in [3.05, 3.63) is 134 Å². The highest BCUT2D eigenvalue weighted by molar-refractivity contribution is 5.72. The molecule has 6 nitrogen and oxygen atoms in total. The second kappa shape index (κ2) is 46.2. The summed E-state index contributed by atoms with van der Waals surface area (Å²) in [4.78, 5) is 37.6. The zero-order chi connectivity index (χ0) is 43.0. The Kier molecular flexibility index (Phi) is 42.8. The number of ether oxygens (including phenoxy) is 3. The molecule has 0 aliphatic heterocycles. The third-order valence-corrected chi connectivity index (χ3v) is 8.69. The van der Waals surface area contributed by atoms with E-state index in [0.29, 0.717) is 19.3 Å². The monoisotopic (exact) mass is 813 g/mol. The van der Waals surface area contributed by atoms with Crippen molar-refractivity contribution in [2.24, 2.45) is 0 Å². The minimum Gasteiger partial charge on any atom is -0.462 e. The molecule has 0 radical (unpaired) electrons. The molecular weight excluding hydrogens is 733 g/mol. The van der Waals surface area contributed by atoms with Gasteiger partial charge in [0.25, 0.3) is 0 Å². The highest BCUT2D eigenvalue weighted by Crippen LogP contribution is 2.10. The molecule has 1 unspecified atom stereocenters. The molecule has 0 saturated carbocycles. The van der Waals surface area contributed by atoms with Crippen LogP contribution in [0.25, 0.3) is 0 Å². The minimum absolute atomic E-state index is 0.0699. The molecule has 0 heterocycles. The van der Waals surface area contributed by atoms with Gasteiger partial charge in [0.2, 0.25) is 0 Å². The largest absolute Gasteiger partial charge is 0.462 e. The van der Waals surface area contributed by atoms with Gasteiger partial charge in [-0.3, -0.25) is 14.4 Å². The van der Waals surface area contributed by atoms with Crippen LogP contribution in [0.1, 0.15) is 162 Å². The SMILES string of the molecule is CC/C=C\C/C=C\C/C=C\C/C=C\C/C=C\CC(=O)OCC(COC(=O)CCCCCCC/C=C\CCCC)OC(=O)C/C=C\C/C=C\C/C=C\C/C=C\C/C=C\CC. The van der Waals surface area contributed by atoms with E-state index in [1.807, 2.05) is 12.2 Å². The van der Waals surface area contributed by atoms with Gasteiger partial charge in [-0.15, -0.1) is 0 Å². The van der Waals surface area contributed by atoms with E-state index in [1.165, 1.54) is 19.3 Å². The molecule has 0 saturated heterocycles. The van der Waals surface area contributed by atoms with E-state index in [2.05, 4.69) is 130 Å². The molecule has 0 spiro atoms. The zero-order valence-corrected chi connectivity index (χ0v) is 37.2. The van der Waals surface area contributed by atoms with E-state index in [1.54, 1.807) is 12.2 Å². The smallest absolute Gasteiger partial charge is 0.310 e. The normalized spacial score (nSPS) is 13.3. The highest BCUT2D eigenvalue weighted by atomic mass is 16.6. The first-order valence-electron chi connectivity index (χ1n) is 22.7. The summed E-state index contributed by atoms with van der Waals surface area (Å²) >= 11 is 0. The van der Waals surface area contributed by atoms with Crippen LogP contribution in [0.2, 0.25) is 0 Å². The van der Waals surface area contributed by atoms with Crippen molar-refractivity contribution in [2.45, 2.75) is 168 Å². The molecule has 0 aliphatic carbocycles. The predicted octanol–water partition coefficient (Wildman–Crippen LogP) is 14.7. The summed E-state index contributed by atoms with van der Waals surface area (Å²) in [7, 11) is 0. The second-order valence-electron chi connectivity index (χ2n) is 14.2. The average molecular weight is 813 g/mol. The lowest BCUT2D eigenvalue weighted by molar-refractivity contribution is -0.166. The Balaban J connectivity index is 4.70. The lowest BCUT2D eigenvalue weighted by Crippen LogP contribution is -2.30. The third-order valence-electron chi connectivity index (χ3n) is 8.69. The molecule has 1 atom stereocenters. The molecule has 0 amide bonds. The molecule has 0 N–H and O–H groups in total. The van der Waals surface area contributed by atoms with Crippen molar-refractivity contribution in [3.8, 4) is 0 Å². The fourth-order valence-electron chi connectivity index (χ4n) is 5.33. The molecule has 0 aromatic rings. The van der Waals surface area contributed by atoms with Crippen LogP contribution in [0.4, 0.5) is 0 Å². The molecule has 0 bridgehead atoms. The minimum atomic E-state index is -0.878. The van der Waals surface area contributed by atoms with Gasteiger partial charge in [0.1, 0.15) is 13.2 Å². The van der Waals surface area contributed by atoms with Crippen LogP contribution in [-0.4, -0.2) is 37.2 Å². The molecule has 6 heteroatoms. The van der Waals surface area contributed by atoms with Crippen molar-refractivity contribution < 1.29 is 28.6 Å². The van der Waals surface area contributed by atoms with E-state index in [4.69, 9.17) is 14.2 Å². The Hall–Kier alpha value is -4.45. The van der Waals surface area contributed by atoms with Crippen LogP contribution in [-0.2, 0) is 28.6 Å². The number of allylic oxidation sites excluding steroid dienone is 20. The first-order valence-corrected chi connectivity index (χ1v) is 22.7. The van der Waals surface area contributed by atoms with Crippen molar-refractivity contribution in [3.63, 3.8) is 0 Å². The van der Waals surface area contributed by atoms with Crippen molar-refractivity contribution in [1.29, 1.82) is 0 Å². The summed E-state index contributed by atoms with van der Waals surface area (Å²) in [6.07, 6.45) is 64.8. The van der Waals surface area contributed by atoms with E-state index in [0.717, 1.165) is 89.9 Å². The number of hydrogen-bond donors (Lipinski definition) is 0. The maximum Gasteiger partial charge on any atom is 0.310 e. The third kappa shape index (κ3) is 44.5. The number of unbranched alkanes of at least 4 members (excludes halogenated alkanes) is 7. The summed E-state index contributed by atoms with van der Waals surface area (Å²) in [6.45, 7) is 6.14. The molecule has 0 fully saturated rings. The summed E-state index contributed by atoms with van der Waals surface area (Å²) < 4.78 is 16.5. The van der Waals surface area contributed by atoms with Crippen molar-refractivity contribution in [1.82, 2.24) is 0 Å². The summed E-state index contributed by atoms with van der Waals surface area (Å²) in [5, 5.41) is 0. The van der Waals surface area contributed by atoms with Gasteiger partial charge in [0.05, 0.1) is 12.8 Å². The summed E-state index contributed by atoms with van der Waals surface area (Å²) in [5.41, 5.74) is 0. The summed E-state index contributed by atoms with van der Waals surface area (Å²) in [6, 6.07) is 0. The van der Waals surface area contributed by atoms with Gasteiger partial charge in [-0.25, -0.2) is 0 Å². The molecule has 0 aliphatic rings. The van der Waals surface area contributed by atoms with Crippen molar-refractivity contribution >= 4 is 17.9 Å². The second-order valence-corrected chi connectivity index (χ2v) is 14.2.